The lowest BCUT2D eigenvalue weighted by molar-refractivity contribution is -0.132. The van der Waals surface area contributed by atoms with Gasteiger partial charge in [0.05, 0.1) is 20.2 Å². The Morgan fingerprint density at radius 3 is 2.37 bits per heavy atom. The maximum absolute atomic E-state index is 12.6. The molecule has 0 atom stereocenters. The highest BCUT2D eigenvalue weighted by Crippen LogP contribution is 2.19. The van der Waals surface area contributed by atoms with Crippen molar-refractivity contribution in [3.8, 4) is 5.75 Å². The van der Waals surface area contributed by atoms with Gasteiger partial charge in [-0.2, -0.15) is 0 Å². The van der Waals surface area contributed by atoms with Gasteiger partial charge in [-0.1, -0.05) is 18.2 Å². The lowest BCUT2D eigenvalue weighted by atomic mass is 10.2. The van der Waals surface area contributed by atoms with Crippen LogP contribution in [-0.4, -0.2) is 86.0 Å². The highest BCUT2D eigenvalue weighted by molar-refractivity contribution is 5.79. The average Bonchev–Trinajstić information content (AvgIpc) is 3.47. The van der Waals surface area contributed by atoms with Crippen LogP contribution in [0.4, 0.5) is 0 Å². The van der Waals surface area contributed by atoms with Crippen LogP contribution in [0.25, 0.3) is 0 Å². The van der Waals surface area contributed by atoms with Crippen molar-refractivity contribution in [3.05, 3.63) is 29.8 Å². The van der Waals surface area contributed by atoms with Gasteiger partial charge in [-0.25, -0.2) is 0 Å². The molecule has 0 spiro atoms. The number of para-hydroxylation sites is 1. The van der Waals surface area contributed by atoms with Crippen LogP contribution >= 0.6 is 0 Å². The zero-order chi connectivity index (χ0) is 19.2. The molecule has 1 aliphatic carbocycles. The van der Waals surface area contributed by atoms with E-state index in [4.69, 9.17) is 4.74 Å². The molecule has 1 heterocycles. The van der Waals surface area contributed by atoms with Gasteiger partial charge in [0, 0.05) is 51.4 Å². The van der Waals surface area contributed by atoms with E-state index in [1.807, 2.05) is 31.3 Å². The van der Waals surface area contributed by atoms with E-state index in [2.05, 4.69) is 15.1 Å². The number of likely N-dealkylation sites (N-methyl/N-ethyl adjacent to an activating group) is 1. The molecular weight excluding hydrogens is 344 g/mol. The monoisotopic (exact) mass is 374 g/mol. The van der Waals surface area contributed by atoms with Gasteiger partial charge in [0.2, 0.25) is 11.8 Å². The van der Waals surface area contributed by atoms with E-state index in [1.54, 1.807) is 12.0 Å². The SMILES string of the molecule is COc1ccccc1CN(C)C(=O)CN1CCN(CC(=O)NC2CC2)CC1. The van der Waals surface area contributed by atoms with Crippen LogP contribution in [0.3, 0.4) is 0 Å². The number of hydrogen-bond donors (Lipinski definition) is 1. The summed E-state index contributed by atoms with van der Waals surface area (Å²) in [7, 11) is 3.47. The Labute approximate surface area is 161 Å². The van der Waals surface area contributed by atoms with Gasteiger partial charge in [0.15, 0.2) is 0 Å². The first-order chi connectivity index (χ1) is 13.0. The molecule has 1 aliphatic heterocycles. The number of methoxy groups -OCH3 is 1. The first kappa shape index (κ1) is 19.6. The topological polar surface area (TPSA) is 65.1 Å². The third-order valence-electron chi connectivity index (χ3n) is 5.16. The van der Waals surface area contributed by atoms with Gasteiger partial charge in [-0.15, -0.1) is 0 Å². The number of benzene rings is 1. The largest absolute Gasteiger partial charge is 0.496 e. The minimum absolute atomic E-state index is 0.0980. The van der Waals surface area contributed by atoms with Crippen molar-refractivity contribution in [3.63, 3.8) is 0 Å². The number of hydrogen-bond acceptors (Lipinski definition) is 5. The number of nitrogens with zero attached hydrogens (tertiary/aromatic N) is 3. The summed E-state index contributed by atoms with van der Waals surface area (Å²) in [6.07, 6.45) is 2.23. The minimum Gasteiger partial charge on any atom is -0.496 e. The predicted molar refractivity (Wildman–Crippen MR) is 104 cm³/mol. The molecule has 0 radical (unpaired) electrons. The fraction of sp³-hybridized carbons (Fsp3) is 0.600. The Bertz CT molecular complexity index is 654. The maximum atomic E-state index is 12.6. The highest BCUT2D eigenvalue weighted by atomic mass is 16.5. The van der Waals surface area contributed by atoms with E-state index in [-0.39, 0.29) is 11.8 Å². The molecule has 7 heteroatoms. The van der Waals surface area contributed by atoms with Crippen molar-refractivity contribution in [2.24, 2.45) is 0 Å². The fourth-order valence-corrected chi connectivity index (χ4v) is 3.30. The van der Waals surface area contributed by atoms with Crippen molar-refractivity contribution in [2.75, 3.05) is 53.4 Å². The van der Waals surface area contributed by atoms with Crippen LogP contribution in [0.5, 0.6) is 5.75 Å². The molecule has 1 aromatic carbocycles. The molecular formula is C20H30N4O3. The zero-order valence-corrected chi connectivity index (χ0v) is 16.3. The molecule has 0 aromatic heterocycles. The van der Waals surface area contributed by atoms with Gasteiger partial charge in [-0.05, 0) is 18.9 Å². The first-order valence-corrected chi connectivity index (χ1v) is 9.65. The quantitative estimate of drug-likeness (QED) is 0.720. The van der Waals surface area contributed by atoms with Crippen molar-refractivity contribution < 1.29 is 14.3 Å². The number of rotatable bonds is 8. The smallest absolute Gasteiger partial charge is 0.236 e. The standard InChI is InChI=1S/C20H30N4O3/c1-22(13-16-5-3-4-6-18(16)27-2)20(26)15-24-11-9-23(10-12-24)14-19(25)21-17-7-8-17/h3-6,17H,7-15H2,1-2H3,(H,21,25). The molecule has 3 rings (SSSR count). The van der Waals surface area contributed by atoms with Gasteiger partial charge in [-0.3, -0.25) is 19.4 Å². The maximum Gasteiger partial charge on any atom is 0.236 e. The molecule has 1 aromatic rings. The number of piperazine rings is 1. The number of carbonyl (C=O) groups excluding carboxylic acids is 2. The van der Waals surface area contributed by atoms with E-state index in [0.29, 0.717) is 25.7 Å². The third-order valence-corrected chi connectivity index (χ3v) is 5.16. The second-order valence-corrected chi connectivity index (χ2v) is 7.46. The number of carbonyl (C=O) groups is 2. The molecule has 148 valence electrons. The van der Waals surface area contributed by atoms with Crippen LogP contribution in [0, 0.1) is 0 Å². The predicted octanol–water partition coefficient (Wildman–Crippen LogP) is 0.550. The summed E-state index contributed by atoms with van der Waals surface area (Å²) >= 11 is 0. The summed E-state index contributed by atoms with van der Waals surface area (Å²) in [5, 5.41) is 3.03. The van der Waals surface area contributed by atoms with Crippen molar-refractivity contribution in [1.82, 2.24) is 20.0 Å². The minimum atomic E-state index is 0.0980. The van der Waals surface area contributed by atoms with Gasteiger partial charge >= 0.3 is 0 Å². The molecule has 0 bridgehead atoms. The van der Waals surface area contributed by atoms with E-state index in [0.717, 1.165) is 50.3 Å². The van der Waals surface area contributed by atoms with E-state index in [9.17, 15) is 9.59 Å². The van der Waals surface area contributed by atoms with Crippen LogP contribution in [0.15, 0.2) is 24.3 Å². The Morgan fingerprint density at radius 2 is 1.74 bits per heavy atom. The fourth-order valence-electron chi connectivity index (χ4n) is 3.30. The Hall–Kier alpha value is -2.12. The van der Waals surface area contributed by atoms with Crippen LogP contribution in [-0.2, 0) is 16.1 Å². The Balaban J connectivity index is 1.40. The van der Waals surface area contributed by atoms with Gasteiger partial charge in [0.25, 0.3) is 0 Å². The molecule has 27 heavy (non-hydrogen) atoms. The summed E-state index contributed by atoms with van der Waals surface area (Å²) < 4.78 is 5.36. The first-order valence-electron chi connectivity index (χ1n) is 9.65. The number of ether oxygens (including phenoxy) is 1. The molecule has 2 aliphatic rings. The van der Waals surface area contributed by atoms with Crippen LogP contribution < -0.4 is 10.1 Å². The average molecular weight is 374 g/mol. The summed E-state index contributed by atoms with van der Waals surface area (Å²) in [5.41, 5.74) is 1.00. The zero-order valence-electron chi connectivity index (χ0n) is 16.3. The molecule has 0 unspecified atom stereocenters. The van der Waals surface area contributed by atoms with E-state index >= 15 is 0 Å². The third kappa shape index (κ3) is 5.94. The van der Waals surface area contributed by atoms with Crippen molar-refractivity contribution >= 4 is 11.8 Å². The molecule has 1 saturated carbocycles. The molecule has 7 nitrogen and oxygen atoms in total. The van der Waals surface area contributed by atoms with Crippen molar-refractivity contribution in [2.45, 2.75) is 25.4 Å². The Morgan fingerprint density at radius 1 is 1.11 bits per heavy atom. The van der Waals surface area contributed by atoms with Gasteiger partial charge in [0.1, 0.15) is 5.75 Å². The summed E-state index contributed by atoms with van der Waals surface area (Å²) in [6, 6.07) is 8.18. The number of amides is 2. The van der Waals surface area contributed by atoms with E-state index in [1.165, 1.54) is 0 Å². The second-order valence-electron chi connectivity index (χ2n) is 7.46. The molecule has 2 amide bonds. The van der Waals surface area contributed by atoms with E-state index < -0.39 is 0 Å². The number of nitrogens with one attached hydrogen (secondary N) is 1. The normalized spacial score (nSPS) is 18.1. The lowest BCUT2D eigenvalue weighted by Crippen LogP contribution is -2.51. The molecule has 1 saturated heterocycles. The lowest BCUT2D eigenvalue weighted by Gasteiger charge is -2.34. The van der Waals surface area contributed by atoms with Gasteiger partial charge < -0.3 is 15.0 Å². The molecule has 1 N–H and O–H groups in total. The summed E-state index contributed by atoms with van der Waals surface area (Å²) in [5.74, 6) is 1.02. The van der Waals surface area contributed by atoms with Crippen LogP contribution in [0.1, 0.15) is 18.4 Å². The highest BCUT2D eigenvalue weighted by Gasteiger charge is 2.26. The molecule has 2 fully saturated rings. The second kappa shape index (κ2) is 9.19. The summed E-state index contributed by atoms with van der Waals surface area (Å²) in [4.78, 5) is 30.5. The van der Waals surface area contributed by atoms with Crippen molar-refractivity contribution in [1.29, 1.82) is 0 Å². The Kier molecular flexibility index (Phi) is 6.68. The summed E-state index contributed by atoms with van der Waals surface area (Å²) in [6.45, 7) is 4.67. The van der Waals surface area contributed by atoms with Crippen LogP contribution in [0.2, 0.25) is 0 Å².